The Hall–Kier alpha value is -1.89. The molecule has 0 aliphatic carbocycles. The van der Waals surface area contributed by atoms with Crippen LogP contribution < -0.4 is 5.32 Å². The zero-order chi connectivity index (χ0) is 12.8. The first-order valence-corrected chi connectivity index (χ1v) is 5.33. The number of rotatable bonds is 6. The van der Waals surface area contributed by atoms with Gasteiger partial charge in [-0.15, -0.1) is 0 Å². The summed E-state index contributed by atoms with van der Waals surface area (Å²) in [5, 5.41) is 21.9. The van der Waals surface area contributed by atoms with Gasteiger partial charge < -0.3 is 15.4 Å². The molecule has 1 aromatic rings. The van der Waals surface area contributed by atoms with Crippen molar-refractivity contribution in [3.05, 3.63) is 28.1 Å². The Morgan fingerprint density at radius 3 is 2.88 bits per heavy atom. The average Bonchev–Trinajstić information content (AvgIpc) is 2.77. The van der Waals surface area contributed by atoms with Crippen LogP contribution in [0.2, 0.25) is 0 Å². The molecule has 17 heavy (non-hydrogen) atoms. The number of nitro groups is 1. The highest BCUT2D eigenvalue weighted by Crippen LogP contribution is 2.12. The van der Waals surface area contributed by atoms with Crippen molar-refractivity contribution < 1.29 is 14.8 Å². The van der Waals surface area contributed by atoms with E-state index in [4.69, 9.17) is 5.11 Å². The lowest BCUT2D eigenvalue weighted by molar-refractivity contribution is -0.384. The lowest BCUT2D eigenvalue weighted by Gasteiger charge is -2.14. The number of aromatic amines is 1. The fourth-order valence-corrected chi connectivity index (χ4v) is 1.42. The Morgan fingerprint density at radius 1 is 1.71 bits per heavy atom. The van der Waals surface area contributed by atoms with Gasteiger partial charge in [-0.3, -0.25) is 14.9 Å². The monoisotopic (exact) mass is 241 g/mol. The number of hydrogen-bond acceptors (Lipinski definition) is 4. The van der Waals surface area contributed by atoms with Crippen molar-refractivity contribution in [1.82, 2.24) is 10.3 Å². The fraction of sp³-hybridized carbons (Fsp3) is 0.500. The second kappa shape index (κ2) is 6.00. The Labute approximate surface area is 98.0 Å². The molecule has 0 aliphatic rings. The largest absolute Gasteiger partial charge is 0.396 e. The number of hydrogen-bond donors (Lipinski definition) is 3. The minimum atomic E-state index is -0.571. The van der Waals surface area contributed by atoms with E-state index in [0.29, 0.717) is 12.8 Å². The van der Waals surface area contributed by atoms with Crippen LogP contribution in [0.5, 0.6) is 0 Å². The molecule has 1 heterocycles. The molecule has 0 saturated carbocycles. The number of H-pyrrole nitrogens is 1. The summed E-state index contributed by atoms with van der Waals surface area (Å²) < 4.78 is 0. The Balaban J connectivity index is 2.65. The van der Waals surface area contributed by atoms with Gasteiger partial charge in [-0.1, -0.05) is 6.92 Å². The van der Waals surface area contributed by atoms with Gasteiger partial charge in [0.25, 0.3) is 11.6 Å². The summed E-state index contributed by atoms with van der Waals surface area (Å²) in [6.07, 6.45) is 2.32. The van der Waals surface area contributed by atoms with Crippen molar-refractivity contribution in [2.24, 2.45) is 0 Å². The van der Waals surface area contributed by atoms with E-state index >= 15 is 0 Å². The summed E-state index contributed by atoms with van der Waals surface area (Å²) in [6.45, 7) is 1.88. The molecule has 3 N–H and O–H groups in total. The van der Waals surface area contributed by atoms with Crippen LogP contribution in [0.15, 0.2) is 12.3 Å². The summed E-state index contributed by atoms with van der Waals surface area (Å²) in [6, 6.07) is 1.05. The molecule has 0 aliphatic heterocycles. The number of carbonyl (C=O) groups excluding carboxylic acids is 1. The third-order valence-corrected chi connectivity index (χ3v) is 2.43. The summed E-state index contributed by atoms with van der Waals surface area (Å²) in [7, 11) is 0. The van der Waals surface area contributed by atoms with Crippen molar-refractivity contribution in [1.29, 1.82) is 0 Å². The van der Waals surface area contributed by atoms with Crippen LogP contribution >= 0.6 is 0 Å². The van der Waals surface area contributed by atoms with Gasteiger partial charge in [0.05, 0.1) is 11.1 Å². The van der Waals surface area contributed by atoms with Gasteiger partial charge in [-0.05, 0) is 12.8 Å². The minimum Gasteiger partial charge on any atom is -0.396 e. The standard InChI is InChI=1S/C10H15N3O4/c1-2-7(3-4-14)12-10(15)9-5-8(6-11-9)13(16)17/h5-7,11,14H,2-4H2,1H3,(H,12,15). The molecule has 7 nitrogen and oxygen atoms in total. The molecule has 0 spiro atoms. The highest BCUT2D eigenvalue weighted by atomic mass is 16.6. The van der Waals surface area contributed by atoms with Crippen molar-refractivity contribution in [2.45, 2.75) is 25.8 Å². The molecule has 0 saturated heterocycles. The molecule has 1 aromatic heterocycles. The second-order valence-electron chi connectivity index (χ2n) is 3.62. The number of aromatic nitrogens is 1. The van der Waals surface area contributed by atoms with E-state index in [-0.39, 0.29) is 24.0 Å². The molecule has 94 valence electrons. The molecule has 0 fully saturated rings. The predicted octanol–water partition coefficient (Wildman–Crippen LogP) is 0.814. The van der Waals surface area contributed by atoms with Crippen LogP contribution in [-0.2, 0) is 0 Å². The normalized spacial score (nSPS) is 12.1. The zero-order valence-electron chi connectivity index (χ0n) is 9.47. The van der Waals surface area contributed by atoms with Crippen LogP contribution in [0.25, 0.3) is 0 Å². The van der Waals surface area contributed by atoms with Crippen molar-refractivity contribution in [3.63, 3.8) is 0 Å². The Bertz CT molecular complexity index is 402. The molecule has 1 amide bonds. The van der Waals surface area contributed by atoms with E-state index in [0.717, 1.165) is 0 Å². The molecule has 0 bridgehead atoms. The highest BCUT2D eigenvalue weighted by molar-refractivity contribution is 5.93. The summed E-state index contributed by atoms with van der Waals surface area (Å²) >= 11 is 0. The predicted molar refractivity (Wildman–Crippen MR) is 60.7 cm³/mol. The zero-order valence-corrected chi connectivity index (χ0v) is 9.47. The smallest absolute Gasteiger partial charge is 0.287 e. The summed E-state index contributed by atoms with van der Waals surface area (Å²) in [5.74, 6) is -0.404. The Morgan fingerprint density at radius 2 is 2.41 bits per heavy atom. The van der Waals surface area contributed by atoms with Gasteiger partial charge in [-0.25, -0.2) is 0 Å². The third-order valence-electron chi connectivity index (χ3n) is 2.43. The third kappa shape index (κ3) is 3.56. The lowest BCUT2D eigenvalue weighted by Crippen LogP contribution is -2.35. The molecule has 1 atom stereocenters. The Kier molecular flexibility index (Phi) is 4.65. The van der Waals surface area contributed by atoms with Crippen LogP contribution in [0, 0.1) is 10.1 Å². The molecular weight excluding hydrogens is 226 g/mol. The first-order chi connectivity index (χ1) is 8.08. The number of aliphatic hydroxyl groups is 1. The maximum atomic E-state index is 11.7. The molecule has 1 unspecified atom stereocenters. The van der Waals surface area contributed by atoms with Crippen molar-refractivity contribution in [3.8, 4) is 0 Å². The molecule has 1 rings (SSSR count). The minimum absolute atomic E-state index is 0.0103. The maximum absolute atomic E-state index is 11.7. The SMILES string of the molecule is CCC(CCO)NC(=O)c1cc([N+](=O)[O-])c[nH]1. The number of carbonyl (C=O) groups is 1. The summed E-state index contributed by atoms with van der Waals surface area (Å²) in [5.41, 5.74) is -0.00144. The van der Waals surface area contributed by atoms with Gasteiger partial charge >= 0.3 is 0 Å². The van der Waals surface area contributed by atoms with Crippen LogP contribution in [0.4, 0.5) is 5.69 Å². The maximum Gasteiger partial charge on any atom is 0.287 e. The van der Waals surface area contributed by atoms with Gasteiger partial charge in [0.1, 0.15) is 5.69 Å². The lowest BCUT2D eigenvalue weighted by atomic mass is 10.1. The fourth-order valence-electron chi connectivity index (χ4n) is 1.42. The quantitative estimate of drug-likeness (QED) is 0.506. The van der Waals surface area contributed by atoms with E-state index < -0.39 is 10.8 Å². The van der Waals surface area contributed by atoms with E-state index in [9.17, 15) is 14.9 Å². The van der Waals surface area contributed by atoms with E-state index in [1.165, 1.54) is 12.3 Å². The average molecular weight is 241 g/mol. The van der Waals surface area contributed by atoms with Crippen molar-refractivity contribution >= 4 is 11.6 Å². The first-order valence-electron chi connectivity index (χ1n) is 5.33. The molecular formula is C10H15N3O4. The van der Waals surface area contributed by atoms with Crippen molar-refractivity contribution in [2.75, 3.05) is 6.61 Å². The van der Waals surface area contributed by atoms with Gasteiger partial charge in [0, 0.05) is 18.7 Å². The highest BCUT2D eigenvalue weighted by Gasteiger charge is 2.16. The van der Waals surface area contributed by atoms with Gasteiger partial charge in [0.2, 0.25) is 0 Å². The van der Waals surface area contributed by atoms with Crippen LogP contribution in [0.1, 0.15) is 30.3 Å². The number of amides is 1. The van der Waals surface area contributed by atoms with E-state index in [2.05, 4.69) is 10.3 Å². The van der Waals surface area contributed by atoms with E-state index in [1.54, 1.807) is 0 Å². The second-order valence-corrected chi connectivity index (χ2v) is 3.62. The van der Waals surface area contributed by atoms with Gasteiger partial charge in [-0.2, -0.15) is 0 Å². The van der Waals surface area contributed by atoms with Crippen LogP contribution in [-0.4, -0.2) is 33.6 Å². The van der Waals surface area contributed by atoms with E-state index in [1.807, 2.05) is 6.92 Å². The molecule has 0 aromatic carbocycles. The van der Waals surface area contributed by atoms with Gasteiger partial charge in [0.15, 0.2) is 0 Å². The summed E-state index contributed by atoms with van der Waals surface area (Å²) in [4.78, 5) is 24.1. The van der Waals surface area contributed by atoms with Crippen LogP contribution in [0.3, 0.4) is 0 Å². The molecule has 0 radical (unpaired) electrons. The number of nitrogens with one attached hydrogen (secondary N) is 2. The molecule has 7 heteroatoms. The number of aliphatic hydroxyl groups excluding tert-OH is 1. The first kappa shape index (κ1) is 13.2. The number of nitrogens with zero attached hydrogens (tertiary/aromatic N) is 1. The topological polar surface area (TPSA) is 108 Å².